The maximum absolute atomic E-state index is 6.52. The van der Waals surface area contributed by atoms with Gasteiger partial charge in [-0.1, -0.05) is 303 Å². The van der Waals surface area contributed by atoms with Crippen molar-refractivity contribution < 1.29 is 13.3 Å². The molecule has 0 N–H and O–H groups in total. The SMILES string of the molecule is c1ccc(-c2nc(-c3ccccc3)nc(-n3c4ccc5oc6cccc7c8cccc9oc%10ccc3c(c%10c98)c4c5c67)n2)cc1.c1ccc(-c2nc(-c3ccccc3)nc(-n3c4cccc5c6cccc7oc8cccc(c9cccc3c9c54)c8c76)n2)cc1.c1ccc(-c2nc(-c3ccccc3)nc(-n3c4cccc5c6ccccc6c6cccc7sc8ccc3c(c8c76)c54)n2)cc1. The third-order valence-electron chi connectivity index (χ3n) is 26.8. The molecule has 0 saturated heterocycles. The van der Waals surface area contributed by atoms with Crippen LogP contribution in [0.3, 0.4) is 0 Å². The number of hydrogen-bond donors (Lipinski definition) is 0. The molecule has 0 atom stereocenters. The van der Waals surface area contributed by atoms with Gasteiger partial charge in [-0.15, -0.1) is 11.3 Å². The van der Waals surface area contributed by atoms with E-state index in [2.05, 4.69) is 244 Å². The van der Waals surface area contributed by atoms with E-state index in [-0.39, 0.29) is 0 Å². The molecule has 133 heavy (non-hydrogen) atoms. The van der Waals surface area contributed by atoms with E-state index in [0.717, 1.165) is 154 Å². The van der Waals surface area contributed by atoms with Crippen LogP contribution in [0.15, 0.2) is 401 Å². The minimum atomic E-state index is 0.557. The van der Waals surface area contributed by atoms with Gasteiger partial charge in [0.05, 0.1) is 33.1 Å². The lowest BCUT2D eigenvalue weighted by molar-refractivity contribution is 0.669. The molecule has 0 radical (unpaired) electrons. The second kappa shape index (κ2) is 28.3. The standard InChI is InChI=1S/C39H20N4O2.C39H22N4O.C39H22N4S/c1-3-9-21(10-4-1)37-40-38(22-11-5-2-6-12-22)42-39(41-37)43-25-17-19-29-35-31-23(13-7-15-27(31)44-29)24-14-8-16-28-32(24)36-30(45-28)20-18-26(43)34(36)33(25)35;1-3-11-23(12-4-1)37-40-38(24-13-5-2-6-14-24)42-39(41-37)43-29-19-7-15-25-27-17-9-21-31-35(27)36-28(18-10-22-32(36)44-31)26-16-8-20-30(43)34(26)33(25)29;1-3-11-23(12-4-1)37-40-38(24-13-5-2-6-14-24)42-39(41-37)43-29-19-9-17-27-25-15-7-8-16-26(25)28-18-10-20-31-34(28)36-32(44-31)22-21-30(43)35(36)33(27)29/h1-20H;2*1-22H. The first-order valence-electron chi connectivity index (χ1n) is 44.4. The van der Waals surface area contributed by atoms with E-state index in [1.54, 1.807) is 0 Å². The van der Waals surface area contributed by atoms with Gasteiger partial charge >= 0.3 is 0 Å². The lowest BCUT2D eigenvalue weighted by Crippen LogP contribution is -2.06. The van der Waals surface area contributed by atoms with E-state index in [4.69, 9.17) is 58.1 Å². The highest BCUT2D eigenvalue weighted by Crippen LogP contribution is 2.54. The van der Waals surface area contributed by atoms with Gasteiger partial charge in [-0.25, -0.2) is 15.0 Å². The first-order chi connectivity index (χ1) is 66.0. The Labute approximate surface area is 757 Å². The molecule has 0 aliphatic rings. The summed E-state index contributed by atoms with van der Waals surface area (Å²) in [6.07, 6.45) is 0. The molecule has 10 heterocycles. The third-order valence-corrected chi connectivity index (χ3v) is 27.9. The topological polar surface area (TPSA) is 170 Å². The van der Waals surface area contributed by atoms with Gasteiger partial charge in [-0.3, -0.25) is 13.7 Å². The quantitative estimate of drug-likeness (QED) is 0.134. The third kappa shape index (κ3) is 10.8. The van der Waals surface area contributed by atoms with Crippen LogP contribution < -0.4 is 0 Å². The Hall–Kier alpha value is -18.0. The van der Waals surface area contributed by atoms with Crippen LogP contribution in [0.4, 0.5) is 0 Å². The van der Waals surface area contributed by atoms with E-state index in [1.165, 1.54) is 84.8 Å². The van der Waals surface area contributed by atoms with E-state index in [9.17, 15) is 0 Å². The van der Waals surface area contributed by atoms with Crippen LogP contribution in [-0.2, 0) is 0 Å². The molecule has 0 aliphatic heterocycles. The van der Waals surface area contributed by atoms with Gasteiger partial charge in [-0.2, -0.15) is 29.9 Å². The number of rotatable bonds is 9. The van der Waals surface area contributed by atoms with Crippen molar-refractivity contribution >= 4 is 217 Å². The lowest BCUT2D eigenvalue weighted by Gasteiger charge is -2.11. The van der Waals surface area contributed by atoms with E-state index >= 15 is 0 Å². The summed E-state index contributed by atoms with van der Waals surface area (Å²) in [5, 5.41) is 28.4. The number of hydrogen-bond acceptors (Lipinski definition) is 13. The Morgan fingerprint density at radius 3 is 0.707 bits per heavy atom. The maximum atomic E-state index is 6.52. The van der Waals surface area contributed by atoms with Crippen molar-refractivity contribution in [2.45, 2.75) is 0 Å². The van der Waals surface area contributed by atoms with Gasteiger partial charge in [-0.05, 0) is 139 Å². The molecule has 0 saturated carbocycles. The minimum absolute atomic E-state index is 0.557. The summed E-state index contributed by atoms with van der Waals surface area (Å²) >= 11 is 1.87. The van der Waals surface area contributed by atoms with Gasteiger partial charge in [0.2, 0.25) is 17.8 Å². The summed E-state index contributed by atoms with van der Waals surface area (Å²) in [4.78, 5) is 45.7. The van der Waals surface area contributed by atoms with E-state index in [1.807, 2.05) is 169 Å². The number of aromatic nitrogens is 12. The predicted molar refractivity (Wildman–Crippen MR) is 542 cm³/mol. The lowest BCUT2D eigenvalue weighted by atomic mass is 9.95. The molecule has 0 unspecified atom stereocenters. The summed E-state index contributed by atoms with van der Waals surface area (Å²) in [6.45, 7) is 0. The van der Waals surface area contributed by atoms with Crippen molar-refractivity contribution in [1.82, 2.24) is 58.6 Å². The zero-order valence-electron chi connectivity index (χ0n) is 70.4. The number of furan rings is 3. The summed E-state index contributed by atoms with van der Waals surface area (Å²) < 4.78 is 28.7. The zero-order valence-corrected chi connectivity index (χ0v) is 71.3. The summed E-state index contributed by atoms with van der Waals surface area (Å²) in [5.74, 6) is 5.57. The van der Waals surface area contributed by atoms with E-state index < -0.39 is 0 Å². The van der Waals surface area contributed by atoms with Crippen molar-refractivity contribution in [3.05, 3.63) is 388 Å². The normalized spacial score (nSPS) is 12.2. The highest BCUT2D eigenvalue weighted by atomic mass is 32.1. The molecule has 15 nitrogen and oxygen atoms in total. The molecule has 616 valence electrons. The van der Waals surface area contributed by atoms with Crippen LogP contribution in [0.25, 0.3) is 291 Å². The van der Waals surface area contributed by atoms with Crippen LogP contribution in [-0.4, -0.2) is 58.6 Å². The first kappa shape index (κ1) is 73.1. The molecule has 31 aromatic rings. The predicted octanol–water partition coefficient (Wildman–Crippen LogP) is 30.5. The van der Waals surface area contributed by atoms with Gasteiger partial charge in [0, 0.05) is 118 Å². The fourth-order valence-corrected chi connectivity index (χ4v) is 22.5. The molecular weight excluding hydrogens is 1650 g/mol. The molecule has 0 amide bonds. The van der Waals surface area contributed by atoms with Crippen LogP contribution in [0, 0.1) is 0 Å². The van der Waals surface area contributed by atoms with Crippen LogP contribution in [0.5, 0.6) is 0 Å². The fraction of sp³-hybridized carbons (Fsp3) is 0. The smallest absolute Gasteiger partial charge is 0.238 e. The van der Waals surface area contributed by atoms with Gasteiger partial charge < -0.3 is 13.3 Å². The van der Waals surface area contributed by atoms with Gasteiger partial charge in [0.1, 0.15) is 33.5 Å². The Kier molecular flexibility index (Phi) is 15.5. The largest absolute Gasteiger partial charge is 0.456 e. The van der Waals surface area contributed by atoms with Crippen molar-refractivity contribution in [2.24, 2.45) is 0 Å². The molecule has 16 heteroatoms. The van der Waals surface area contributed by atoms with Gasteiger partial charge in [0.15, 0.2) is 34.9 Å². The maximum Gasteiger partial charge on any atom is 0.238 e. The minimum Gasteiger partial charge on any atom is -0.456 e. The second-order valence-electron chi connectivity index (χ2n) is 34.0. The first-order valence-corrected chi connectivity index (χ1v) is 45.2. The number of benzene rings is 18. The Morgan fingerprint density at radius 1 is 0.150 bits per heavy atom. The summed E-state index contributed by atoms with van der Waals surface area (Å²) in [6, 6.07) is 134. The molecule has 31 rings (SSSR count). The van der Waals surface area contributed by atoms with Gasteiger partial charge in [0.25, 0.3) is 0 Å². The van der Waals surface area contributed by atoms with Crippen molar-refractivity contribution in [2.75, 3.05) is 0 Å². The van der Waals surface area contributed by atoms with Crippen LogP contribution >= 0.6 is 11.3 Å². The molecule has 0 fully saturated rings. The molecule has 0 spiro atoms. The highest BCUT2D eigenvalue weighted by Gasteiger charge is 2.31. The monoisotopic (exact) mass is 1720 g/mol. The Balaban J connectivity index is 0.0000000975. The number of thiophene rings is 1. The van der Waals surface area contributed by atoms with Crippen molar-refractivity contribution in [1.29, 1.82) is 0 Å². The number of nitrogens with zero attached hydrogens (tertiary/aromatic N) is 12. The molecule has 10 aromatic heterocycles. The average molecular weight is 1720 g/mol. The van der Waals surface area contributed by atoms with Crippen LogP contribution in [0.2, 0.25) is 0 Å². The van der Waals surface area contributed by atoms with Crippen molar-refractivity contribution in [3.63, 3.8) is 0 Å². The zero-order chi connectivity index (χ0) is 86.8. The van der Waals surface area contributed by atoms with Crippen molar-refractivity contribution in [3.8, 4) is 86.2 Å². The Morgan fingerprint density at radius 2 is 0.376 bits per heavy atom. The number of fused-ring (bicyclic) bond motifs is 6. The molecular formula is C117H64N12O3S. The average Bonchev–Trinajstić information content (AvgIpc) is 1.53. The second-order valence-corrected chi connectivity index (χ2v) is 35.1. The fourth-order valence-electron chi connectivity index (χ4n) is 21.3. The Bertz CT molecular complexity index is 9740. The van der Waals surface area contributed by atoms with Crippen LogP contribution in [0.1, 0.15) is 0 Å². The molecule has 0 bridgehead atoms. The molecule has 0 aliphatic carbocycles. The highest BCUT2D eigenvalue weighted by molar-refractivity contribution is 7.26. The van der Waals surface area contributed by atoms with E-state index in [0.29, 0.717) is 52.8 Å². The summed E-state index contributed by atoms with van der Waals surface area (Å²) in [7, 11) is 0. The summed E-state index contributed by atoms with van der Waals surface area (Å²) in [5.41, 5.74) is 17.2. The molecule has 21 aromatic carbocycles.